The van der Waals surface area contributed by atoms with Crippen molar-refractivity contribution in [3.63, 3.8) is 0 Å². The fraction of sp³-hybridized carbons (Fsp3) is 0.308. The highest BCUT2D eigenvalue weighted by Crippen LogP contribution is 2.20. The van der Waals surface area contributed by atoms with Gasteiger partial charge in [-0.3, -0.25) is 9.59 Å². The van der Waals surface area contributed by atoms with Gasteiger partial charge in [0.05, 0.1) is 6.26 Å². The minimum Gasteiger partial charge on any atom is -0.461 e. The molecule has 20 heavy (non-hydrogen) atoms. The summed E-state index contributed by atoms with van der Waals surface area (Å²) in [5, 5.41) is 9.03. The van der Waals surface area contributed by atoms with E-state index in [2.05, 4.69) is 15.8 Å². The molecule has 2 N–H and O–H groups in total. The first-order chi connectivity index (χ1) is 9.74. The van der Waals surface area contributed by atoms with E-state index in [1.54, 1.807) is 12.1 Å². The van der Waals surface area contributed by atoms with Crippen LogP contribution in [-0.2, 0) is 4.79 Å². The molecule has 104 valence electrons. The maximum absolute atomic E-state index is 12.0. The maximum atomic E-state index is 12.0. The van der Waals surface area contributed by atoms with Crippen LogP contribution in [-0.4, -0.2) is 29.6 Å². The highest BCUT2D eigenvalue weighted by molar-refractivity contribution is 5.96. The smallest absolute Gasteiger partial charge is 0.274 e. The quantitative estimate of drug-likeness (QED) is 0.869. The van der Waals surface area contributed by atoms with Crippen molar-refractivity contribution in [1.29, 1.82) is 0 Å². The highest BCUT2D eigenvalue weighted by atomic mass is 16.5. The summed E-state index contributed by atoms with van der Waals surface area (Å²) < 4.78 is 10.2. The normalized spacial score (nSPS) is 18.6. The summed E-state index contributed by atoms with van der Waals surface area (Å²) in [5.41, 5.74) is 0.120. The van der Waals surface area contributed by atoms with Crippen molar-refractivity contribution in [2.75, 3.05) is 6.54 Å². The Kier molecular flexibility index (Phi) is 3.24. The first kappa shape index (κ1) is 12.5. The largest absolute Gasteiger partial charge is 0.461 e. The summed E-state index contributed by atoms with van der Waals surface area (Å²) in [6, 6.07) is 4.38. The number of aromatic nitrogens is 1. The van der Waals surface area contributed by atoms with Gasteiger partial charge >= 0.3 is 0 Å². The second-order valence-electron chi connectivity index (χ2n) is 4.51. The maximum Gasteiger partial charge on any atom is 0.274 e. The summed E-state index contributed by atoms with van der Waals surface area (Å²) in [4.78, 5) is 23.6. The van der Waals surface area contributed by atoms with Gasteiger partial charge in [-0.05, 0) is 25.0 Å². The molecule has 3 heterocycles. The number of hydrogen-bond donors (Lipinski definition) is 2. The zero-order chi connectivity index (χ0) is 13.9. The second kappa shape index (κ2) is 5.20. The molecule has 1 atom stereocenters. The van der Waals surface area contributed by atoms with Crippen LogP contribution in [0, 0.1) is 0 Å². The van der Waals surface area contributed by atoms with E-state index in [0.717, 1.165) is 6.42 Å². The van der Waals surface area contributed by atoms with Crippen LogP contribution in [0.15, 0.2) is 33.4 Å². The molecule has 7 heteroatoms. The van der Waals surface area contributed by atoms with Gasteiger partial charge in [0.2, 0.25) is 11.7 Å². The average molecular weight is 275 g/mol. The summed E-state index contributed by atoms with van der Waals surface area (Å²) in [6.45, 7) is 0.651. The molecule has 2 amide bonds. The molecule has 0 bridgehead atoms. The van der Waals surface area contributed by atoms with Crippen LogP contribution in [0.3, 0.4) is 0 Å². The number of nitrogens with one attached hydrogen (secondary N) is 2. The van der Waals surface area contributed by atoms with E-state index in [9.17, 15) is 9.59 Å². The van der Waals surface area contributed by atoms with Gasteiger partial charge in [0.1, 0.15) is 6.04 Å². The first-order valence-electron chi connectivity index (χ1n) is 6.33. The Morgan fingerprint density at radius 2 is 2.35 bits per heavy atom. The Labute approximate surface area is 114 Å². The van der Waals surface area contributed by atoms with Crippen molar-refractivity contribution >= 4 is 11.8 Å². The van der Waals surface area contributed by atoms with Gasteiger partial charge in [0, 0.05) is 12.6 Å². The summed E-state index contributed by atoms with van der Waals surface area (Å²) >= 11 is 0. The zero-order valence-electron chi connectivity index (χ0n) is 10.6. The van der Waals surface area contributed by atoms with Crippen molar-refractivity contribution in [3.05, 3.63) is 30.2 Å². The predicted octanol–water partition coefficient (Wildman–Crippen LogP) is 0.943. The van der Waals surface area contributed by atoms with Gasteiger partial charge in [0.25, 0.3) is 5.91 Å². The van der Waals surface area contributed by atoms with Crippen LogP contribution in [0.1, 0.15) is 23.3 Å². The van der Waals surface area contributed by atoms with Crippen molar-refractivity contribution in [2.45, 2.75) is 18.9 Å². The van der Waals surface area contributed by atoms with E-state index in [1.807, 2.05) is 0 Å². The van der Waals surface area contributed by atoms with Crippen LogP contribution in [0.2, 0.25) is 0 Å². The summed E-state index contributed by atoms with van der Waals surface area (Å²) in [6.07, 6.45) is 2.97. The minimum atomic E-state index is -0.514. The average Bonchev–Trinajstić information content (AvgIpc) is 3.11. The number of amides is 2. The lowest BCUT2D eigenvalue weighted by Gasteiger charge is -2.22. The van der Waals surface area contributed by atoms with Crippen LogP contribution in [0.5, 0.6) is 0 Å². The van der Waals surface area contributed by atoms with Gasteiger partial charge in [-0.15, -0.1) is 0 Å². The third kappa shape index (κ3) is 2.42. The number of carbonyl (C=O) groups excluding carboxylic acids is 2. The molecule has 0 aromatic carbocycles. The zero-order valence-corrected chi connectivity index (χ0v) is 10.6. The minimum absolute atomic E-state index is 0.120. The molecule has 1 fully saturated rings. The topological polar surface area (TPSA) is 97.4 Å². The van der Waals surface area contributed by atoms with Crippen LogP contribution in [0.25, 0.3) is 11.5 Å². The van der Waals surface area contributed by atoms with Gasteiger partial charge in [-0.2, -0.15) is 0 Å². The van der Waals surface area contributed by atoms with E-state index in [-0.39, 0.29) is 11.6 Å². The molecular weight excluding hydrogens is 262 g/mol. The number of piperidine rings is 1. The molecule has 3 rings (SSSR count). The van der Waals surface area contributed by atoms with Gasteiger partial charge in [-0.1, -0.05) is 5.16 Å². The molecule has 1 aliphatic heterocycles. The van der Waals surface area contributed by atoms with E-state index in [4.69, 9.17) is 8.94 Å². The first-order valence-corrected chi connectivity index (χ1v) is 6.33. The monoisotopic (exact) mass is 275 g/mol. The van der Waals surface area contributed by atoms with Crippen molar-refractivity contribution in [1.82, 2.24) is 15.8 Å². The second-order valence-corrected chi connectivity index (χ2v) is 4.51. The van der Waals surface area contributed by atoms with Crippen molar-refractivity contribution < 1.29 is 18.5 Å². The number of furan rings is 1. The lowest BCUT2D eigenvalue weighted by Crippen LogP contribution is -2.50. The third-order valence-corrected chi connectivity index (χ3v) is 3.10. The molecule has 0 saturated carbocycles. The molecule has 1 aliphatic rings. The fourth-order valence-corrected chi connectivity index (χ4v) is 2.06. The lowest BCUT2D eigenvalue weighted by molar-refractivity contribution is -0.124. The fourth-order valence-electron chi connectivity index (χ4n) is 2.06. The van der Waals surface area contributed by atoms with E-state index < -0.39 is 11.9 Å². The van der Waals surface area contributed by atoms with Crippen LogP contribution < -0.4 is 10.6 Å². The molecular formula is C13H13N3O4. The molecule has 0 radical (unpaired) electrons. The third-order valence-electron chi connectivity index (χ3n) is 3.10. The van der Waals surface area contributed by atoms with E-state index in [1.165, 1.54) is 12.3 Å². The van der Waals surface area contributed by atoms with Gasteiger partial charge in [-0.25, -0.2) is 0 Å². The molecule has 2 aromatic rings. The Morgan fingerprint density at radius 1 is 1.45 bits per heavy atom. The van der Waals surface area contributed by atoms with E-state index >= 15 is 0 Å². The van der Waals surface area contributed by atoms with E-state index in [0.29, 0.717) is 24.5 Å². The van der Waals surface area contributed by atoms with Gasteiger partial charge < -0.3 is 19.6 Å². The van der Waals surface area contributed by atoms with Crippen LogP contribution in [0.4, 0.5) is 0 Å². The number of rotatable bonds is 3. The van der Waals surface area contributed by atoms with Crippen LogP contribution >= 0.6 is 0 Å². The molecule has 0 spiro atoms. The molecule has 1 saturated heterocycles. The molecule has 0 aliphatic carbocycles. The number of carbonyl (C=O) groups is 2. The Balaban J connectivity index is 1.70. The summed E-state index contributed by atoms with van der Waals surface area (Å²) in [7, 11) is 0. The Morgan fingerprint density at radius 3 is 3.10 bits per heavy atom. The molecule has 7 nitrogen and oxygen atoms in total. The Bertz CT molecular complexity index is 617. The Hall–Kier alpha value is -2.57. The number of nitrogens with zero attached hydrogens (tertiary/aromatic N) is 1. The standard InChI is InChI=1S/C13H13N3O4/c17-12-8(3-1-5-14-12)15-13(18)9-7-11(20-16-9)10-4-2-6-19-10/h2,4,6-8H,1,3,5H2,(H,14,17)(H,15,18)/t8-/m0/s1. The number of hydrogen-bond acceptors (Lipinski definition) is 5. The van der Waals surface area contributed by atoms with Gasteiger partial charge in [0.15, 0.2) is 11.5 Å². The summed E-state index contributed by atoms with van der Waals surface area (Å²) in [5.74, 6) is 0.258. The molecule has 0 unspecified atom stereocenters. The lowest BCUT2D eigenvalue weighted by atomic mass is 10.1. The van der Waals surface area contributed by atoms with Crippen molar-refractivity contribution in [2.24, 2.45) is 0 Å². The predicted molar refractivity (Wildman–Crippen MR) is 67.7 cm³/mol. The molecule has 2 aromatic heterocycles. The highest BCUT2D eigenvalue weighted by Gasteiger charge is 2.25. The SMILES string of the molecule is O=C(N[C@H]1CCCNC1=O)c1cc(-c2ccco2)on1. The van der Waals surface area contributed by atoms with Crippen molar-refractivity contribution in [3.8, 4) is 11.5 Å².